The van der Waals surface area contributed by atoms with Crippen LogP contribution in [0.25, 0.3) is 20.9 Å². The Morgan fingerprint density at radius 1 is 0.917 bits per heavy atom. The molecule has 0 radical (unpaired) electrons. The van der Waals surface area contributed by atoms with Gasteiger partial charge in [-0.1, -0.05) is 10.2 Å². The summed E-state index contributed by atoms with van der Waals surface area (Å²) >= 11 is 0. The van der Waals surface area contributed by atoms with Crippen LogP contribution in [0.5, 0.6) is 0 Å². The van der Waals surface area contributed by atoms with E-state index in [1.54, 1.807) is 0 Å². The fourth-order valence-corrected chi connectivity index (χ4v) is 1.59. The molecule has 0 aliphatic rings. The maximum absolute atomic E-state index is 12.0. The molecule has 0 bridgehead atoms. The van der Waals surface area contributed by atoms with Crippen molar-refractivity contribution in [2.45, 2.75) is 12.8 Å². The second kappa shape index (κ2) is 15.4. The minimum absolute atomic E-state index is 0.104. The second-order valence-corrected chi connectivity index (χ2v) is 4.41. The summed E-state index contributed by atoms with van der Waals surface area (Å²) in [5.74, 6) is -1.35. The van der Waals surface area contributed by atoms with Crippen molar-refractivity contribution in [3.8, 4) is 0 Å². The van der Waals surface area contributed by atoms with Crippen LogP contribution in [0.2, 0.25) is 0 Å². The Hall–Kier alpha value is -2.52. The van der Waals surface area contributed by atoms with Crippen LogP contribution in [-0.4, -0.2) is 74.5 Å². The summed E-state index contributed by atoms with van der Waals surface area (Å²) in [5, 5.41) is 15.3. The number of nitrogens with zero attached hydrogens (tertiary/aromatic N) is 7. The number of carboxylic acids is 1. The lowest BCUT2D eigenvalue weighted by atomic mass is 10.2. The van der Waals surface area contributed by atoms with E-state index in [0.29, 0.717) is 0 Å². The van der Waals surface area contributed by atoms with Crippen LogP contribution in [-0.2, 0) is 19.1 Å². The summed E-state index contributed by atoms with van der Waals surface area (Å²) in [4.78, 5) is 29.2. The van der Waals surface area contributed by atoms with E-state index in [1.165, 1.54) is 4.90 Å². The quantitative estimate of drug-likeness (QED) is 0.204. The zero-order valence-corrected chi connectivity index (χ0v) is 13.3. The average Bonchev–Trinajstić information content (AvgIpc) is 2.56. The molecule has 0 aromatic carbocycles. The molecule has 12 heteroatoms. The molecule has 0 aliphatic heterocycles. The zero-order chi connectivity index (χ0) is 18.0. The third kappa shape index (κ3) is 13.2. The Balaban J connectivity index is 4.16. The highest BCUT2D eigenvalue weighted by atomic mass is 16.5. The number of ether oxygens (including phenoxy) is 2. The first-order valence-corrected chi connectivity index (χ1v) is 7.28. The maximum atomic E-state index is 12.0. The van der Waals surface area contributed by atoms with Crippen molar-refractivity contribution in [1.82, 2.24) is 4.90 Å². The first kappa shape index (κ1) is 21.5. The van der Waals surface area contributed by atoms with Crippen LogP contribution in [0.3, 0.4) is 0 Å². The first-order valence-electron chi connectivity index (χ1n) is 7.28. The molecule has 0 aliphatic carbocycles. The molecule has 0 spiro atoms. The molecule has 0 saturated heterocycles. The van der Waals surface area contributed by atoms with Crippen molar-refractivity contribution in [2.24, 2.45) is 10.2 Å². The summed E-state index contributed by atoms with van der Waals surface area (Å²) in [6.45, 7) is 1.89. The summed E-state index contributed by atoms with van der Waals surface area (Å²) in [7, 11) is 0. The van der Waals surface area contributed by atoms with Gasteiger partial charge in [0.25, 0.3) is 0 Å². The summed E-state index contributed by atoms with van der Waals surface area (Å²) < 4.78 is 10.5. The molecule has 134 valence electrons. The van der Waals surface area contributed by atoms with E-state index in [0.717, 1.165) is 0 Å². The van der Waals surface area contributed by atoms with Gasteiger partial charge in [-0.25, -0.2) is 0 Å². The van der Waals surface area contributed by atoms with Crippen molar-refractivity contribution in [1.29, 1.82) is 0 Å². The standard InChI is InChI=1S/C12H21N7O5/c13-17-15-3-7-23-9-5-19(11(20)1-2-12(21)22)6-10-24-8-4-16-18-14/h1-10H2,(H,21,22). The van der Waals surface area contributed by atoms with E-state index < -0.39 is 5.97 Å². The molecular formula is C12H21N7O5. The number of amides is 1. The lowest BCUT2D eigenvalue weighted by Crippen LogP contribution is -2.37. The van der Waals surface area contributed by atoms with Gasteiger partial charge in [0.1, 0.15) is 0 Å². The third-order valence-corrected chi connectivity index (χ3v) is 2.71. The summed E-state index contributed by atoms with van der Waals surface area (Å²) in [5.41, 5.74) is 16.2. The second-order valence-electron chi connectivity index (χ2n) is 4.41. The number of rotatable bonds is 15. The minimum Gasteiger partial charge on any atom is -0.481 e. The van der Waals surface area contributed by atoms with Gasteiger partial charge in [0.05, 0.1) is 32.8 Å². The Labute approximate surface area is 138 Å². The van der Waals surface area contributed by atoms with Gasteiger partial charge in [0.15, 0.2) is 0 Å². The largest absolute Gasteiger partial charge is 0.481 e. The smallest absolute Gasteiger partial charge is 0.303 e. The van der Waals surface area contributed by atoms with E-state index in [1.807, 2.05) is 0 Å². The molecule has 0 unspecified atom stereocenters. The predicted molar refractivity (Wildman–Crippen MR) is 83.1 cm³/mol. The van der Waals surface area contributed by atoms with Crippen molar-refractivity contribution >= 4 is 11.9 Å². The highest BCUT2D eigenvalue weighted by molar-refractivity contribution is 5.80. The Bertz CT molecular complexity index is 446. The molecule has 0 aromatic heterocycles. The van der Waals surface area contributed by atoms with Gasteiger partial charge in [-0.15, -0.1) is 0 Å². The molecule has 12 nitrogen and oxygen atoms in total. The number of aliphatic carboxylic acids is 1. The van der Waals surface area contributed by atoms with E-state index in [9.17, 15) is 9.59 Å². The SMILES string of the molecule is [N-]=[N+]=NCCOCCN(CCOCCN=[N+]=[N-])C(=O)CCC(=O)O. The summed E-state index contributed by atoms with van der Waals surface area (Å²) in [6.07, 6.45) is -0.350. The molecule has 0 fully saturated rings. The van der Waals surface area contributed by atoms with Gasteiger partial charge >= 0.3 is 5.97 Å². The Kier molecular flexibility index (Phi) is 13.8. The fourth-order valence-electron chi connectivity index (χ4n) is 1.59. The zero-order valence-electron chi connectivity index (χ0n) is 13.3. The van der Waals surface area contributed by atoms with Crippen molar-refractivity contribution < 1.29 is 24.2 Å². The minimum atomic E-state index is -1.04. The van der Waals surface area contributed by atoms with E-state index in [2.05, 4.69) is 20.1 Å². The van der Waals surface area contributed by atoms with Crippen LogP contribution >= 0.6 is 0 Å². The van der Waals surface area contributed by atoms with Gasteiger partial charge in [0.2, 0.25) is 5.91 Å². The molecule has 1 N–H and O–H groups in total. The van der Waals surface area contributed by atoms with Crippen LogP contribution in [0.1, 0.15) is 12.8 Å². The third-order valence-electron chi connectivity index (χ3n) is 2.71. The van der Waals surface area contributed by atoms with Crippen LogP contribution in [0.4, 0.5) is 0 Å². The van der Waals surface area contributed by atoms with Crippen molar-refractivity contribution in [2.75, 3.05) is 52.6 Å². The lowest BCUT2D eigenvalue weighted by molar-refractivity contribution is -0.141. The first-order chi connectivity index (χ1) is 11.6. The normalized spacial score (nSPS) is 9.67. The molecule has 0 saturated carbocycles. The molecule has 0 rings (SSSR count). The highest BCUT2D eigenvalue weighted by Gasteiger charge is 2.14. The Morgan fingerprint density at radius 3 is 1.83 bits per heavy atom. The van der Waals surface area contributed by atoms with Crippen molar-refractivity contribution in [3.63, 3.8) is 0 Å². The Morgan fingerprint density at radius 2 is 1.42 bits per heavy atom. The molecule has 0 aromatic rings. The molecule has 0 heterocycles. The number of carboxylic acid groups (broad SMARTS) is 1. The van der Waals surface area contributed by atoms with Crippen LogP contribution < -0.4 is 0 Å². The topological polar surface area (TPSA) is 174 Å². The van der Waals surface area contributed by atoms with Gasteiger partial charge in [0, 0.05) is 42.4 Å². The predicted octanol–water partition coefficient (Wildman–Crippen LogP) is 1.33. The van der Waals surface area contributed by atoms with E-state index >= 15 is 0 Å². The van der Waals surface area contributed by atoms with Gasteiger partial charge in [-0.2, -0.15) is 0 Å². The van der Waals surface area contributed by atoms with Gasteiger partial charge in [-0.3, -0.25) is 9.59 Å². The van der Waals surface area contributed by atoms with Crippen molar-refractivity contribution in [3.05, 3.63) is 20.9 Å². The van der Waals surface area contributed by atoms with Crippen LogP contribution in [0.15, 0.2) is 10.2 Å². The average molecular weight is 343 g/mol. The maximum Gasteiger partial charge on any atom is 0.303 e. The van der Waals surface area contributed by atoms with Crippen LogP contribution in [0, 0.1) is 0 Å². The number of carbonyl (C=O) groups is 2. The number of hydrogen-bond acceptors (Lipinski definition) is 6. The molecule has 24 heavy (non-hydrogen) atoms. The van der Waals surface area contributed by atoms with Gasteiger partial charge < -0.3 is 19.5 Å². The van der Waals surface area contributed by atoms with E-state index in [4.69, 9.17) is 25.6 Å². The lowest BCUT2D eigenvalue weighted by Gasteiger charge is -2.22. The number of hydrogen-bond donors (Lipinski definition) is 1. The molecule has 1 amide bonds. The number of carbonyl (C=O) groups excluding carboxylic acids is 1. The van der Waals surface area contributed by atoms with Gasteiger partial charge in [-0.05, 0) is 11.1 Å². The monoisotopic (exact) mass is 343 g/mol. The molecular weight excluding hydrogens is 322 g/mol. The molecule has 0 atom stereocenters. The summed E-state index contributed by atoms with van der Waals surface area (Å²) in [6, 6.07) is 0. The van der Waals surface area contributed by atoms with E-state index in [-0.39, 0.29) is 71.4 Å². The highest BCUT2D eigenvalue weighted by Crippen LogP contribution is 1.99. The fraction of sp³-hybridized carbons (Fsp3) is 0.833. The number of azide groups is 2.